The lowest BCUT2D eigenvalue weighted by atomic mass is 9.86. The van der Waals surface area contributed by atoms with Gasteiger partial charge in [0.25, 0.3) is 0 Å². The monoisotopic (exact) mass is 217 g/mol. The predicted octanol–water partition coefficient (Wildman–Crippen LogP) is 1.98. The Morgan fingerprint density at radius 1 is 1.25 bits per heavy atom. The molecular weight excluding hydrogens is 202 g/mol. The van der Waals surface area contributed by atoms with Gasteiger partial charge in [0.1, 0.15) is 5.75 Å². The van der Waals surface area contributed by atoms with E-state index in [0.717, 1.165) is 17.7 Å². The van der Waals surface area contributed by atoms with Gasteiger partial charge in [-0.1, -0.05) is 12.1 Å². The maximum Gasteiger partial charge on any atom is 0.158 e. The molecule has 2 rings (SSSR count). The van der Waals surface area contributed by atoms with Crippen molar-refractivity contribution in [3.05, 3.63) is 41.6 Å². The minimum atomic E-state index is 0.115. The van der Waals surface area contributed by atoms with Crippen LogP contribution in [0.3, 0.4) is 0 Å². The van der Waals surface area contributed by atoms with Gasteiger partial charge in [-0.05, 0) is 36.1 Å². The minimum absolute atomic E-state index is 0.115. The molecule has 0 aliphatic heterocycles. The fraction of sp³-hybridized carbons (Fsp3) is 0.308. The molecule has 84 valence electrons. The van der Waals surface area contributed by atoms with Gasteiger partial charge in [0, 0.05) is 12.1 Å². The third-order valence-corrected chi connectivity index (χ3v) is 2.86. The summed E-state index contributed by atoms with van der Waals surface area (Å²) >= 11 is 0. The first-order chi connectivity index (χ1) is 7.69. The number of nitrogens with two attached hydrogens (primary N) is 1. The van der Waals surface area contributed by atoms with Gasteiger partial charge in [-0.2, -0.15) is 0 Å². The van der Waals surface area contributed by atoms with Crippen molar-refractivity contribution in [2.45, 2.75) is 18.8 Å². The number of methoxy groups -OCH3 is 1. The van der Waals surface area contributed by atoms with Crippen LogP contribution in [0.15, 0.2) is 36.0 Å². The number of carbonyl (C=O) groups excluding carboxylic acids is 1. The molecule has 0 saturated carbocycles. The largest absolute Gasteiger partial charge is 0.497 e. The summed E-state index contributed by atoms with van der Waals surface area (Å²) < 4.78 is 5.10. The zero-order valence-electron chi connectivity index (χ0n) is 9.27. The Labute approximate surface area is 94.9 Å². The van der Waals surface area contributed by atoms with Crippen LogP contribution in [-0.4, -0.2) is 12.9 Å². The second-order valence-electron chi connectivity index (χ2n) is 4.06. The summed E-state index contributed by atoms with van der Waals surface area (Å²) in [5.41, 5.74) is 7.55. The van der Waals surface area contributed by atoms with Gasteiger partial charge >= 0.3 is 0 Å². The highest BCUT2D eigenvalue weighted by Crippen LogP contribution is 2.30. The van der Waals surface area contributed by atoms with Crippen LogP contribution in [0.25, 0.3) is 0 Å². The molecule has 3 nitrogen and oxygen atoms in total. The van der Waals surface area contributed by atoms with E-state index in [1.165, 1.54) is 0 Å². The number of ether oxygens (including phenoxy) is 1. The van der Waals surface area contributed by atoms with E-state index < -0.39 is 0 Å². The molecule has 0 bridgehead atoms. The van der Waals surface area contributed by atoms with Crippen LogP contribution in [-0.2, 0) is 4.79 Å². The summed E-state index contributed by atoms with van der Waals surface area (Å²) in [5.74, 6) is 1.15. The zero-order valence-corrected chi connectivity index (χ0v) is 9.27. The van der Waals surface area contributed by atoms with Gasteiger partial charge in [0.15, 0.2) is 5.78 Å². The Hall–Kier alpha value is -1.77. The van der Waals surface area contributed by atoms with Gasteiger partial charge in [-0.15, -0.1) is 0 Å². The Kier molecular flexibility index (Phi) is 2.95. The lowest BCUT2D eigenvalue weighted by Gasteiger charge is -2.20. The number of carbonyl (C=O) groups is 1. The quantitative estimate of drug-likeness (QED) is 0.824. The highest BCUT2D eigenvalue weighted by molar-refractivity contribution is 5.91. The molecule has 2 N–H and O–H groups in total. The van der Waals surface area contributed by atoms with Gasteiger partial charge in [-0.25, -0.2) is 0 Å². The van der Waals surface area contributed by atoms with Crippen LogP contribution >= 0.6 is 0 Å². The fourth-order valence-corrected chi connectivity index (χ4v) is 2.04. The Bertz CT molecular complexity index is 420. The maximum absolute atomic E-state index is 11.4. The van der Waals surface area contributed by atoms with Crippen LogP contribution in [0.1, 0.15) is 24.3 Å². The summed E-state index contributed by atoms with van der Waals surface area (Å²) in [6.45, 7) is 0. The van der Waals surface area contributed by atoms with Gasteiger partial charge < -0.3 is 10.5 Å². The van der Waals surface area contributed by atoms with Gasteiger partial charge in [0.05, 0.1) is 7.11 Å². The number of hydrogen-bond acceptors (Lipinski definition) is 3. The van der Waals surface area contributed by atoms with E-state index in [1.807, 2.05) is 24.3 Å². The van der Waals surface area contributed by atoms with E-state index >= 15 is 0 Å². The van der Waals surface area contributed by atoms with Gasteiger partial charge in [-0.3, -0.25) is 4.79 Å². The standard InChI is InChI=1S/C13H15NO2/c1-16-13-4-2-9(3-5-13)10-6-11(14)8-12(15)7-10/h2-5,8,10H,6-7,14H2,1H3/t10-/m1/s1. The number of benzene rings is 1. The summed E-state index contributed by atoms with van der Waals surface area (Å²) in [4.78, 5) is 11.4. The zero-order chi connectivity index (χ0) is 11.5. The molecule has 0 saturated heterocycles. The third-order valence-electron chi connectivity index (χ3n) is 2.86. The molecule has 1 aromatic rings. The highest BCUT2D eigenvalue weighted by Gasteiger charge is 2.20. The van der Waals surface area contributed by atoms with Crippen molar-refractivity contribution in [3.8, 4) is 5.75 Å². The Morgan fingerprint density at radius 2 is 1.94 bits per heavy atom. The van der Waals surface area contributed by atoms with E-state index in [0.29, 0.717) is 12.1 Å². The van der Waals surface area contributed by atoms with Crippen molar-refractivity contribution in [1.82, 2.24) is 0 Å². The fourth-order valence-electron chi connectivity index (χ4n) is 2.04. The average molecular weight is 217 g/mol. The predicted molar refractivity (Wildman–Crippen MR) is 62.2 cm³/mol. The highest BCUT2D eigenvalue weighted by atomic mass is 16.5. The molecule has 0 spiro atoms. The van der Waals surface area contributed by atoms with Crippen LogP contribution < -0.4 is 10.5 Å². The Balaban J connectivity index is 2.18. The van der Waals surface area contributed by atoms with Crippen molar-refractivity contribution in [1.29, 1.82) is 0 Å². The summed E-state index contributed by atoms with van der Waals surface area (Å²) in [7, 11) is 1.64. The van der Waals surface area contributed by atoms with Crippen molar-refractivity contribution in [2.24, 2.45) is 5.73 Å². The molecule has 16 heavy (non-hydrogen) atoms. The van der Waals surface area contributed by atoms with Gasteiger partial charge in [0.2, 0.25) is 0 Å². The maximum atomic E-state index is 11.4. The molecule has 1 aliphatic carbocycles. The van der Waals surface area contributed by atoms with Crippen molar-refractivity contribution in [2.75, 3.05) is 7.11 Å². The van der Waals surface area contributed by atoms with E-state index in [9.17, 15) is 4.79 Å². The van der Waals surface area contributed by atoms with Crippen LogP contribution in [0.2, 0.25) is 0 Å². The topological polar surface area (TPSA) is 52.3 Å². The molecular formula is C13H15NO2. The summed E-state index contributed by atoms with van der Waals surface area (Å²) in [6, 6.07) is 7.81. The second kappa shape index (κ2) is 4.39. The molecule has 0 fully saturated rings. The second-order valence-corrected chi connectivity index (χ2v) is 4.06. The van der Waals surface area contributed by atoms with Crippen LogP contribution in [0, 0.1) is 0 Å². The first-order valence-electron chi connectivity index (χ1n) is 5.32. The summed E-state index contributed by atoms with van der Waals surface area (Å²) in [6.07, 6.45) is 2.85. The van der Waals surface area contributed by atoms with Crippen molar-refractivity contribution in [3.63, 3.8) is 0 Å². The van der Waals surface area contributed by atoms with Crippen molar-refractivity contribution < 1.29 is 9.53 Å². The lowest BCUT2D eigenvalue weighted by Crippen LogP contribution is -2.16. The third kappa shape index (κ3) is 2.24. The molecule has 0 heterocycles. The molecule has 1 aromatic carbocycles. The summed E-state index contributed by atoms with van der Waals surface area (Å²) in [5, 5.41) is 0. The molecule has 0 radical (unpaired) electrons. The molecule has 3 heteroatoms. The van der Waals surface area contributed by atoms with E-state index in [1.54, 1.807) is 13.2 Å². The SMILES string of the molecule is COc1ccc([C@H]2CC(=O)C=C(N)C2)cc1. The van der Waals surface area contributed by atoms with E-state index in [2.05, 4.69) is 0 Å². The number of ketones is 1. The molecule has 0 unspecified atom stereocenters. The van der Waals surface area contributed by atoms with Crippen LogP contribution in [0.5, 0.6) is 5.75 Å². The number of rotatable bonds is 2. The Morgan fingerprint density at radius 3 is 2.50 bits per heavy atom. The minimum Gasteiger partial charge on any atom is -0.497 e. The lowest BCUT2D eigenvalue weighted by molar-refractivity contribution is -0.115. The normalized spacial score (nSPS) is 20.4. The molecule has 0 amide bonds. The molecule has 1 atom stereocenters. The van der Waals surface area contributed by atoms with Crippen LogP contribution in [0.4, 0.5) is 0 Å². The van der Waals surface area contributed by atoms with E-state index in [-0.39, 0.29) is 11.7 Å². The molecule has 1 aliphatic rings. The van der Waals surface area contributed by atoms with Crippen molar-refractivity contribution >= 4 is 5.78 Å². The average Bonchev–Trinajstić information content (AvgIpc) is 2.28. The first-order valence-corrected chi connectivity index (χ1v) is 5.32. The molecule has 0 aromatic heterocycles. The number of allylic oxidation sites excluding steroid dienone is 2. The number of hydrogen-bond donors (Lipinski definition) is 1. The smallest absolute Gasteiger partial charge is 0.158 e. The van der Waals surface area contributed by atoms with E-state index in [4.69, 9.17) is 10.5 Å². The first kappa shape index (κ1) is 10.7.